The van der Waals surface area contributed by atoms with E-state index in [1.807, 2.05) is 240 Å². The van der Waals surface area contributed by atoms with Gasteiger partial charge in [0.25, 0.3) is 11.2 Å². The molecule has 1 amide bonds. The number of nitrogens with zero attached hydrogens (tertiary/aromatic N) is 5. The number of ether oxygens (including phenoxy) is 7. The van der Waals surface area contributed by atoms with Gasteiger partial charge < -0.3 is 53.8 Å². The number of rotatable bonds is 22. The number of carbonyl (C=O) groups is 9. The van der Waals surface area contributed by atoms with E-state index < -0.39 is 46.9 Å². The van der Waals surface area contributed by atoms with Gasteiger partial charge in [0.1, 0.15) is 11.5 Å². The normalized spacial score (nSPS) is 13.1. The molecule has 1 aliphatic rings. The van der Waals surface area contributed by atoms with Crippen LogP contribution in [0.3, 0.4) is 0 Å². The molecule has 2 aromatic rings. The van der Waals surface area contributed by atoms with E-state index in [-0.39, 0.29) is 152 Å². The largest absolute Gasteiger partial charge is 0.466 e. The molecule has 1 aliphatic carbocycles. The molecule has 0 saturated heterocycles. The predicted octanol–water partition coefficient (Wildman–Crippen LogP) is 24.2. The minimum atomic E-state index is -0.855. The topological polar surface area (TPSA) is 377 Å². The van der Waals surface area contributed by atoms with E-state index in [2.05, 4.69) is 72.1 Å². The number of nitrogens with one attached hydrogen (secondary N) is 1. The summed E-state index contributed by atoms with van der Waals surface area (Å²) >= 11 is 0.820. The van der Waals surface area contributed by atoms with Gasteiger partial charge in [-0.1, -0.05) is 249 Å². The molecule has 0 radical (unpaired) electrons. The number of methoxy groups -OCH3 is 1. The third-order valence-corrected chi connectivity index (χ3v) is 16.3. The van der Waals surface area contributed by atoms with Gasteiger partial charge in [0.05, 0.1) is 117 Å². The average molecular weight is 1950 g/mol. The van der Waals surface area contributed by atoms with Crippen molar-refractivity contribution in [3.05, 3.63) is 161 Å². The summed E-state index contributed by atoms with van der Waals surface area (Å²) in [7, 11) is 1.34. The molecular formula is C107H183F3N6O19S. The Balaban J connectivity index is -0.000000139. The van der Waals surface area contributed by atoms with Crippen LogP contribution in [0.4, 0.5) is 13.2 Å². The Kier molecular flexibility index (Phi) is 80.2. The summed E-state index contributed by atoms with van der Waals surface area (Å²) in [5.41, 5.74) is 1.06. The highest BCUT2D eigenvalue weighted by Gasteiger charge is 2.32. The monoisotopic (exact) mass is 1950 g/mol. The van der Waals surface area contributed by atoms with Crippen LogP contribution in [0.5, 0.6) is 0 Å². The predicted molar refractivity (Wildman–Crippen MR) is 549 cm³/mol. The van der Waals surface area contributed by atoms with Crippen LogP contribution in [-0.2, 0) is 76.9 Å². The summed E-state index contributed by atoms with van der Waals surface area (Å²) in [5, 5.41) is 48.6. The van der Waals surface area contributed by atoms with Crippen LogP contribution in [0.1, 0.15) is 335 Å². The Bertz CT molecular complexity index is 4090. The summed E-state index contributed by atoms with van der Waals surface area (Å²) in [5.74, 6) is -1.60. The molecule has 782 valence electrons. The lowest BCUT2D eigenvalue weighted by atomic mass is 9.79. The maximum absolute atomic E-state index is 12.4. The Labute approximate surface area is 824 Å². The van der Waals surface area contributed by atoms with Crippen LogP contribution in [0.25, 0.3) is 0 Å². The number of carbonyl (C=O) groups excluding carboxylic acids is 9. The van der Waals surface area contributed by atoms with Gasteiger partial charge in [0.2, 0.25) is 0 Å². The molecule has 25 nitrogen and oxygen atoms in total. The van der Waals surface area contributed by atoms with Gasteiger partial charge in [0.15, 0.2) is 23.1 Å². The van der Waals surface area contributed by atoms with E-state index in [0.29, 0.717) is 50.8 Å². The standard InChI is InChI=1S/2C10H18O3.C9H15NO.2C9H16O3.C9H14O.C9H16O.C8H11FN2OS.C8H11FN2.C8H13FO.C8H13NO.C8H14O.2CH4/c1-6-13-9(12)7(2)8(11)10(3,4)5;1-5-12-9(11)7-6-8-13-10(2,3)4;1-7(6-10)8(11)5-9(2,3)4;1-9(2,3)12-7-5-6-8(10)11-4;1-5-11-9(10)8(4)6-12-7(2)3;1-9(2,3)7-5-4-6-8(7)10;1-7(2)6-8(10)9(3,4)5;1-8(2,3)11-6(12)5-4-13-7(9)10-5;1-8(2,3)6-4-10-7(9)11-5-6;1-6(9)5-7(10)8(2,3)4;1-6(5-9)7(10)8(2,3)4;1-5-6-7(9)8(2,3)4;;/h8,11H,2,6H2,1,3-5H3;6-7H,5,8H2,1-4H3;8,11H,1,5H2,2-4H3;5-6H,7H2,1-4H3;7H,4-6H2,1-3H3;4,6-7H,5H2,1-3H3;6H,1-5H3;4H,1-3H3,(H,11,12);4-5H,1-3H3;5H,1-4H3;7,10H,1H2,2-4H3;5-6H,1-4H3;2*1H4/b;7-6+;;6-5+;;;;;;6-5-;;6-5+;;. The number of esters is 4. The maximum Gasteiger partial charge on any atom is 0.336 e. The molecular weight excluding hydrogens is 1760 g/mol. The molecule has 0 bridgehead atoms. The van der Waals surface area contributed by atoms with Gasteiger partial charge in [0, 0.05) is 63.7 Å². The van der Waals surface area contributed by atoms with Gasteiger partial charge >= 0.3 is 30.0 Å². The van der Waals surface area contributed by atoms with E-state index in [1.165, 1.54) is 44.0 Å². The second kappa shape index (κ2) is 72.9. The Morgan fingerprint density at radius 3 is 1.26 bits per heavy atom. The minimum absolute atomic E-state index is 0. The molecule has 2 heterocycles. The molecule has 2 aromatic heterocycles. The van der Waals surface area contributed by atoms with Crippen LogP contribution in [-0.4, -0.2) is 171 Å². The van der Waals surface area contributed by atoms with Crippen LogP contribution in [0.2, 0.25) is 0 Å². The second-order valence-electron chi connectivity index (χ2n) is 42.4. The third-order valence-electron chi connectivity index (χ3n) is 15.7. The maximum atomic E-state index is 12.4. The van der Waals surface area contributed by atoms with Gasteiger partial charge in [-0.25, -0.2) is 38.5 Å². The summed E-state index contributed by atoms with van der Waals surface area (Å²) in [6.07, 6.45) is 17.5. The van der Waals surface area contributed by atoms with Crippen molar-refractivity contribution in [3.8, 4) is 12.1 Å². The molecule has 3 rings (SSSR count). The number of aliphatic hydroxyl groups excluding tert-OH is 3. The van der Waals surface area contributed by atoms with Crippen molar-refractivity contribution in [1.29, 1.82) is 10.5 Å². The molecule has 0 aromatic carbocycles. The lowest BCUT2D eigenvalue weighted by Gasteiger charge is -2.26. The van der Waals surface area contributed by atoms with Crippen LogP contribution in [0.15, 0.2) is 139 Å². The van der Waals surface area contributed by atoms with E-state index in [0.717, 1.165) is 35.0 Å². The molecule has 4 atom stereocenters. The van der Waals surface area contributed by atoms with Crippen LogP contribution in [0, 0.1) is 77.8 Å². The first kappa shape index (κ1) is 150. The average Bonchev–Trinajstić information content (AvgIpc) is 1.70. The number of aliphatic hydroxyl groups is 3. The zero-order valence-corrected chi connectivity index (χ0v) is 90.8. The first-order valence-electron chi connectivity index (χ1n) is 44.4. The van der Waals surface area contributed by atoms with E-state index in [4.69, 9.17) is 38.9 Å². The van der Waals surface area contributed by atoms with Crippen molar-refractivity contribution in [2.45, 2.75) is 365 Å². The number of aromatic nitrogens is 3. The molecule has 0 fully saturated rings. The molecule has 136 heavy (non-hydrogen) atoms. The number of ketones is 4. The highest BCUT2D eigenvalue weighted by molar-refractivity contribution is 7.08. The molecule has 29 heteroatoms. The second-order valence-corrected chi connectivity index (χ2v) is 43.2. The van der Waals surface area contributed by atoms with Crippen molar-refractivity contribution in [2.75, 3.05) is 46.8 Å². The van der Waals surface area contributed by atoms with Crippen LogP contribution >= 0.6 is 11.3 Å². The van der Waals surface area contributed by atoms with Crippen molar-refractivity contribution in [2.24, 2.45) is 43.8 Å². The molecule has 0 saturated carbocycles. The van der Waals surface area contributed by atoms with E-state index >= 15 is 0 Å². The number of hydrogen-bond donors (Lipinski definition) is 4. The Morgan fingerprint density at radius 1 is 0.596 bits per heavy atom. The molecule has 4 N–H and O–H groups in total. The lowest BCUT2D eigenvalue weighted by Crippen LogP contribution is -2.40. The smallest absolute Gasteiger partial charge is 0.336 e. The van der Waals surface area contributed by atoms with Gasteiger partial charge in [-0.3, -0.25) is 24.0 Å². The first-order valence-corrected chi connectivity index (χ1v) is 45.3. The Morgan fingerprint density at radius 2 is 1.00 bits per heavy atom. The zero-order valence-electron chi connectivity index (χ0n) is 90.0. The number of thiazole rings is 1. The zero-order chi connectivity index (χ0) is 108. The number of amides is 1. The van der Waals surface area contributed by atoms with Gasteiger partial charge in [-0.2, -0.15) is 19.3 Å². The van der Waals surface area contributed by atoms with Crippen molar-refractivity contribution in [3.63, 3.8) is 0 Å². The highest BCUT2D eigenvalue weighted by atomic mass is 32.1. The molecule has 4 unspecified atom stereocenters. The fraction of sp³-hybridized carbons (Fsp3) is 0.645. The SMILES string of the molecule is C.C.C/C(F)=C/C(=O)C(C)(C)C.C/C=C/C(=O)C(C)(C)C.C=C(C#N)C(O)C(C)(C)C.C=C(C#N)C(O)CC(C)(C)C.C=C(C(=O)OCC)C(O)C(C)(C)C.C=C(COC(C)C)C(=O)OCC.CC(C)(C)C1CC=CC1=O.CC(C)(C)NC(=O)c1csc(F)n1.CC(C)(C)c1cnc(F)nc1.CC(C)=CC(=O)C(C)(C)C.CCOC(=O)/C=C/COC(C)(C)C.COC(=O)/C=C/COC(C)(C)C. The summed E-state index contributed by atoms with van der Waals surface area (Å²) < 4.78 is 71.2. The highest BCUT2D eigenvalue weighted by Crippen LogP contribution is 2.33. The fourth-order valence-electron chi connectivity index (χ4n) is 7.99. The van der Waals surface area contributed by atoms with Crippen LogP contribution < -0.4 is 5.32 Å². The number of allylic oxidation sites excluding steroid dienone is 8. The fourth-order valence-corrected chi connectivity index (χ4v) is 8.51. The third kappa shape index (κ3) is 93.7. The molecule has 0 spiro atoms. The lowest BCUT2D eigenvalue weighted by molar-refractivity contribution is -0.141. The van der Waals surface area contributed by atoms with Gasteiger partial charge in [-0.15, -0.1) is 0 Å². The molecule has 0 aliphatic heterocycles. The van der Waals surface area contributed by atoms with Crippen molar-refractivity contribution >= 4 is 64.3 Å². The number of halogens is 3. The quantitative estimate of drug-likeness (QED) is 0.0280. The summed E-state index contributed by atoms with van der Waals surface area (Å²) in [6, 6.07) is 3.67. The van der Waals surface area contributed by atoms with Gasteiger partial charge in [-0.05, 0) is 188 Å². The number of nitriles is 2. The summed E-state index contributed by atoms with van der Waals surface area (Å²) in [6.45, 7) is 95.8. The Hall–Kier alpha value is -9.33. The van der Waals surface area contributed by atoms with Crippen molar-refractivity contribution in [1.82, 2.24) is 20.3 Å². The number of hydrogen-bond acceptors (Lipinski definition) is 25. The minimum Gasteiger partial charge on any atom is -0.466 e. The van der Waals surface area contributed by atoms with E-state index in [1.54, 1.807) is 78.0 Å². The first-order chi connectivity index (χ1) is 60.1. The van der Waals surface area contributed by atoms with Crippen molar-refractivity contribution < 1.29 is 105 Å². The summed E-state index contributed by atoms with van der Waals surface area (Å²) in [4.78, 5) is 109. The van der Waals surface area contributed by atoms with E-state index in [9.17, 15) is 71.6 Å².